The normalized spacial score (nSPS) is 12.0. The number of nitrogens with two attached hydrogens (primary N) is 1. The smallest absolute Gasteiger partial charge is 0.408 e. The Labute approximate surface area is 233 Å². The maximum absolute atomic E-state index is 13.0. The number of rotatable bonds is 13. The third-order valence-corrected chi connectivity index (χ3v) is 6.39. The first-order valence-corrected chi connectivity index (χ1v) is 13.9. The topological polar surface area (TPSA) is 93.4 Å². The Morgan fingerprint density at radius 1 is 0.769 bits per heavy atom. The number of hydrogen-bond donors (Lipinski definition) is 3. The zero-order valence-corrected chi connectivity index (χ0v) is 23.5. The summed E-state index contributed by atoms with van der Waals surface area (Å²) in [5, 5.41) is 5.73. The zero-order chi connectivity index (χ0) is 28.1. The molecule has 4 N–H and O–H groups in total. The van der Waals surface area contributed by atoms with E-state index in [-0.39, 0.29) is 5.91 Å². The Balaban J connectivity index is 1.48. The van der Waals surface area contributed by atoms with Gasteiger partial charge in [0.2, 0.25) is 5.91 Å². The van der Waals surface area contributed by atoms with Gasteiger partial charge in [-0.15, -0.1) is 0 Å². The first-order valence-electron chi connectivity index (χ1n) is 13.9. The highest BCUT2D eigenvalue weighted by molar-refractivity contribution is 5.86. The SMILES string of the molecule is CC(C)(C)OC(=O)N[C@@H](Cc1ccccc1)C(=O)NCCCc1ccc(-c2ccc(CCCCN)cc2)cc1. The van der Waals surface area contributed by atoms with Gasteiger partial charge in [-0.05, 0) is 87.2 Å². The molecule has 6 heteroatoms. The van der Waals surface area contributed by atoms with Crippen LogP contribution in [0.3, 0.4) is 0 Å². The molecule has 0 fully saturated rings. The van der Waals surface area contributed by atoms with E-state index in [2.05, 4.69) is 59.2 Å². The van der Waals surface area contributed by atoms with E-state index in [0.29, 0.717) is 13.0 Å². The van der Waals surface area contributed by atoms with Gasteiger partial charge in [-0.2, -0.15) is 0 Å². The Morgan fingerprint density at radius 3 is 1.87 bits per heavy atom. The largest absolute Gasteiger partial charge is 0.444 e. The van der Waals surface area contributed by atoms with E-state index < -0.39 is 17.7 Å². The molecule has 3 aromatic carbocycles. The summed E-state index contributed by atoms with van der Waals surface area (Å²) in [5.74, 6) is -0.216. The predicted octanol–water partition coefficient (Wildman–Crippen LogP) is 5.82. The maximum atomic E-state index is 13.0. The Morgan fingerprint density at radius 2 is 1.33 bits per heavy atom. The van der Waals surface area contributed by atoms with Crippen LogP contribution in [0.4, 0.5) is 4.79 Å². The Bertz CT molecular complexity index is 1150. The molecule has 1 atom stereocenters. The molecule has 3 aromatic rings. The van der Waals surface area contributed by atoms with Gasteiger partial charge in [0.1, 0.15) is 11.6 Å². The second-order valence-electron chi connectivity index (χ2n) is 10.9. The van der Waals surface area contributed by atoms with E-state index in [0.717, 1.165) is 44.2 Å². The summed E-state index contributed by atoms with van der Waals surface area (Å²) in [6, 6.07) is 26.3. The van der Waals surface area contributed by atoms with E-state index in [9.17, 15) is 9.59 Å². The Kier molecular flexibility index (Phi) is 11.6. The predicted molar refractivity (Wildman–Crippen MR) is 159 cm³/mol. The van der Waals surface area contributed by atoms with Crippen molar-refractivity contribution in [2.45, 2.75) is 70.9 Å². The summed E-state index contributed by atoms with van der Waals surface area (Å²) in [7, 11) is 0. The van der Waals surface area contributed by atoms with Crippen LogP contribution in [0.1, 0.15) is 56.7 Å². The molecular weight excluding hydrogens is 486 g/mol. The van der Waals surface area contributed by atoms with Crippen molar-refractivity contribution in [2.75, 3.05) is 13.1 Å². The lowest BCUT2D eigenvalue weighted by Gasteiger charge is -2.23. The fraction of sp³-hybridized carbons (Fsp3) is 0.394. The van der Waals surface area contributed by atoms with E-state index in [1.54, 1.807) is 20.8 Å². The van der Waals surface area contributed by atoms with Crippen molar-refractivity contribution in [1.82, 2.24) is 10.6 Å². The van der Waals surface area contributed by atoms with Crippen molar-refractivity contribution in [3.8, 4) is 11.1 Å². The third kappa shape index (κ3) is 10.9. The molecule has 0 aliphatic rings. The van der Waals surface area contributed by atoms with Crippen molar-refractivity contribution < 1.29 is 14.3 Å². The number of unbranched alkanes of at least 4 members (excludes halogenated alkanes) is 1. The number of ether oxygens (including phenoxy) is 1. The molecule has 6 nitrogen and oxygen atoms in total. The van der Waals surface area contributed by atoms with Gasteiger partial charge in [-0.3, -0.25) is 4.79 Å². The lowest BCUT2D eigenvalue weighted by molar-refractivity contribution is -0.123. The minimum absolute atomic E-state index is 0.216. The molecule has 0 aliphatic heterocycles. The molecule has 0 saturated heterocycles. The molecule has 0 aliphatic carbocycles. The van der Waals surface area contributed by atoms with Gasteiger partial charge in [0.25, 0.3) is 0 Å². The second kappa shape index (κ2) is 15.1. The van der Waals surface area contributed by atoms with Crippen molar-refractivity contribution >= 4 is 12.0 Å². The number of amides is 2. The summed E-state index contributed by atoms with van der Waals surface area (Å²) in [6.45, 7) is 6.66. The first kappa shape index (κ1) is 29.9. The number of hydrogen-bond acceptors (Lipinski definition) is 4. The summed E-state index contributed by atoms with van der Waals surface area (Å²) in [6.07, 6.45) is 4.69. The fourth-order valence-electron chi connectivity index (χ4n) is 4.34. The summed E-state index contributed by atoms with van der Waals surface area (Å²) >= 11 is 0. The minimum atomic E-state index is -0.714. The molecule has 2 amide bonds. The third-order valence-electron chi connectivity index (χ3n) is 6.39. The maximum Gasteiger partial charge on any atom is 0.408 e. The van der Waals surface area contributed by atoms with Crippen LogP contribution in [0.5, 0.6) is 0 Å². The monoisotopic (exact) mass is 529 g/mol. The van der Waals surface area contributed by atoms with Gasteiger partial charge in [-0.25, -0.2) is 4.79 Å². The number of alkyl carbamates (subject to hydrolysis) is 1. The highest BCUT2D eigenvalue weighted by atomic mass is 16.6. The molecule has 0 radical (unpaired) electrons. The number of carbonyl (C=O) groups is 2. The second-order valence-corrected chi connectivity index (χ2v) is 10.9. The molecule has 3 rings (SSSR count). The average molecular weight is 530 g/mol. The van der Waals surface area contributed by atoms with Gasteiger partial charge in [-0.1, -0.05) is 78.9 Å². The van der Waals surface area contributed by atoms with Crippen LogP contribution >= 0.6 is 0 Å². The Hall–Kier alpha value is -3.64. The molecule has 39 heavy (non-hydrogen) atoms. The highest BCUT2D eigenvalue weighted by Crippen LogP contribution is 2.21. The molecular formula is C33H43N3O3. The molecule has 0 unspecified atom stereocenters. The number of benzene rings is 3. The summed E-state index contributed by atoms with van der Waals surface area (Å²) in [4.78, 5) is 25.3. The van der Waals surface area contributed by atoms with E-state index in [1.165, 1.54) is 22.3 Å². The van der Waals surface area contributed by atoms with Gasteiger partial charge in [0.05, 0.1) is 0 Å². The number of nitrogens with one attached hydrogen (secondary N) is 2. The standard InChI is InChI=1S/C33H43N3O3/c1-33(2,3)39-32(38)36-30(24-27-11-5-4-6-12-27)31(37)35-23-9-13-26-16-20-29(21-17-26)28-18-14-25(15-19-28)10-7-8-22-34/h4-6,11-12,14-21,30H,7-10,13,22-24,34H2,1-3H3,(H,35,37)(H,36,38)/t30-/m0/s1. The van der Waals surface area contributed by atoms with Gasteiger partial charge < -0.3 is 21.1 Å². The summed E-state index contributed by atoms with van der Waals surface area (Å²) < 4.78 is 5.37. The van der Waals surface area contributed by atoms with Crippen LogP contribution in [0.15, 0.2) is 78.9 Å². The molecule has 0 saturated carbocycles. The lowest BCUT2D eigenvalue weighted by Crippen LogP contribution is -2.49. The fourth-order valence-corrected chi connectivity index (χ4v) is 4.34. The molecule has 0 bridgehead atoms. The van der Waals surface area contributed by atoms with Crippen LogP contribution in [-0.4, -0.2) is 36.7 Å². The average Bonchev–Trinajstić information content (AvgIpc) is 2.91. The van der Waals surface area contributed by atoms with Gasteiger partial charge in [0.15, 0.2) is 0 Å². The van der Waals surface area contributed by atoms with E-state index in [4.69, 9.17) is 10.5 Å². The summed E-state index contributed by atoms with van der Waals surface area (Å²) in [5.41, 5.74) is 10.9. The zero-order valence-electron chi connectivity index (χ0n) is 23.5. The van der Waals surface area contributed by atoms with E-state index in [1.807, 2.05) is 30.3 Å². The van der Waals surface area contributed by atoms with Crippen LogP contribution in [-0.2, 0) is 28.8 Å². The van der Waals surface area contributed by atoms with Crippen LogP contribution < -0.4 is 16.4 Å². The van der Waals surface area contributed by atoms with Gasteiger partial charge >= 0.3 is 6.09 Å². The molecule has 0 heterocycles. The molecule has 208 valence electrons. The molecule has 0 aromatic heterocycles. The van der Waals surface area contributed by atoms with Gasteiger partial charge in [0, 0.05) is 13.0 Å². The lowest BCUT2D eigenvalue weighted by atomic mass is 9.99. The van der Waals surface area contributed by atoms with Crippen LogP contribution in [0.2, 0.25) is 0 Å². The van der Waals surface area contributed by atoms with Crippen LogP contribution in [0, 0.1) is 0 Å². The van der Waals surface area contributed by atoms with Crippen molar-refractivity contribution in [3.63, 3.8) is 0 Å². The van der Waals surface area contributed by atoms with Crippen molar-refractivity contribution in [2.24, 2.45) is 5.73 Å². The number of carbonyl (C=O) groups excluding carboxylic acids is 2. The highest BCUT2D eigenvalue weighted by Gasteiger charge is 2.24. The molecule has 0 spiro atoms. The van der Waals surface area contributed by atoms with E-state index >= 15 is 0 Å². The van der Waals surface area contributed by atoms with Crippen molar-refractivity contribution in [3.05, 3.63) is 95.6 Å². The first-order chi connectivity index (χ1) is 18.7. The minimum Gasteiger partial charge on any atom is -0.444 e. The van der Waals surface area contributed by atoms with Crippen LogP contribution in [0.25, 0.3) is 11.1 Å². The quantitative estimate of drug-likeness (QED) is 0.243. The van der Waals surface area contributed by atoms with Crippen molar-refractivity contribution in [1.29, 1.82) is 0 Å². The number of aryl methyl sites for hydroxylation is 2.